The lowest BCUT2D eigenvalue weighted by molar-refractivity contribution is -0.216. The van der Waals surface area contributed by atoms with Crippen molar-refractivity contribution in [1.29, 1.82) is 5.26 Å². The summed E-state index contributed by atoms with van der Waals surface area (Å²) in [4.78, 5) is 14.3. The zero-order valence-corrected chi connectivity index (χ0v) is 20.9. The number of nitrogens with zero attached hydrogens (tertiary/aromatic N) is 2. The van der Waals surface area contributed by atoms with E-state index in [1.54, 1.807) is 26.0 Å². The molecule has 0 aromatic rings. The fraction of sp³-hybridized carbons (Fsp3) is 0.769. The summed E-state index contributed by atoms with van der Waals surface area (Å²) in [7, 11) is 1.52. The van der Waals surface area contributed by atoms with Gasteiger partial charge in [-0.15, -0.1) is 0 Å². The molecule has 0 aromatic heterocycles. The van der Waals surface area contributed by atoms with Crippen LogP contribution in [0.15, 0.2) is 23.3 Å². The Morgan fingerprint density at radius 1 is 1.38 bits per heavy atom. The third-order valence-electron chi connectivity index (χ3n) is 9.72. The highest BCUT2D eigenvalue weighted by Gasteiger charge is 2.76. The molecule has 4 N–H and O–H groups in total. The van der Waals surface area contributed by atoms with Gasteiger partial charge in [-0.25, -0.2) is 4.79 Å². The summed E-state index contributed by atoms with van der Waals surface area (Å²) in [5.41, 5.74) is -2.53. The maximum absolute atomic E-state index is 13.0. The van der Waals surface area contributed by atoms with Crippen molar-refractivity contribution in [2.75, 3.05) is 13.7 Å². The van der Waals surface area contributed by atoms with Crippen molar-refractivity contribution in [3.8, 4) is 6.07 Å². The number of aliphatic hydroxyl groups is 4. The van der Waals surface area contributed by atoms with E-state index in [1.807, 2.05) is 13.0 Å². The predicted octanol–water partition coefficient (Wildman–Crippen LogP) is 1.99. The van der Waals surface area contributed by atoms with Gasteiger partial charge in [-0.2, -0.15) is 5.26 Å². The maximum atomic E-state index is 13.0. The van der Waals surface area contributed by atoms with E-state index in [9.17, 15) is 25.2 Å². The Hall–Kier alpha value is -1.92. The molecule has 0 radical (unpaired) electrons. The van der Waals surface area contributed by atoms with Gasteiger partial charge in [0, 0.05) is 19.0 Å². The molecule has 0 heterocycles. The Balaban J connectivity index is 1.80. The number of hydrogen-bond donors (Lipinski definition) is 4. The number of ether oxygens (including phenoxy) is 1. The van der Waals surface area contributed by atoms with Crippen molar-refractivity contribution in [1.82, 2.24) is 4.90 Å². The first-order chi connectivity index (χ1) is 15.8. The molecule has 1 amide bonds. The topological polar surface area (TPSA) is 134 Å². The number of aliphatic hydroxyl groups excluding tert-OH is 3. The van der Waals surface area contributed by atoms with Gasteiger partial charge in [0.15, 0.2) is 6.10 Å². The van der Waals surface area contributed by atoms with Crippen LogP contribution in [0.1, 0.15) is 47.5 Å². The van der Waals surface area contributed by atoms with Gasteiger partial charge in [0.25, 0.3) is 0 Å². The molecule has 1 spiro atoms. The number of amides is 1. The minimum Gasteiger partial charge on any atom is -0.438 e. The largest absolute Gasteiger partial charge is 0.438 e. The highest BCUT2D eigenvalue weighted by molar-refractivity contribution is 5.69. The highest BCUT2D eigenvalue weighted by atomic mass is 16.6. The summed E-state index contributed by atoms with van der Waals surface area (Å²) in [6.07, 6.45) is -0.0831. The van der Waals surface area contributed by atoms with Crippen molar-refractivity contribution in [3.63, 3.8) is 0 Å². The third kappa shape index (κ3) is 3.07. The Morgan fingerprint density at radius 3 is 2.62 bits per heavy atom. The second-order valence-electron chi connectivity index (χ2n) is 11.6. The van der Waals surface area contributed by atoms with Gasteiger partial charge in [0.05, 0.1) is 30.6 Å². The zero-order valence-electron chi connectivity index (χ0n) is 20.9. The minimum atomic E-state index is -2.06. The molecule has 34 heavy (non-hydrogen) atoms. The summed E-state index contributed by atoms with van der Waals surface area (Å²) in [5.74, 6) is -0.0754. The fourth-order valence-electron chi connectivity index (χ4n) is 7.54. The van der Waals surface area contributed by atoms with E-state index in [4.69, 9.17) is 10.00 Å². The Morgan fingerprint density at radius 2 is 2.03 bits per heavy atom. The van der Waals surface area contributed by atoms with Gasteiger partial charge in [-0.1, -0.05) is 32.9 Å². The summed E-state index contributed by atoms with van der Waals surface area (Å²) in [6.45, 7) is 9.32. The number of hydrogen-bond acceptors (Lipinski definition) is 7. The van der Waals surface area contributed by atoms with Crippen molar-refractivity contribution in [3.05, 3.63) is 23.3 Å². The van der Waals surface area contributed by atoms with Crippen molar-refractivity contribution in [2.45, 2.75) is 77.4 Å². The van der Waals surface area contributed by atoms with Crippen LogP contribution in [-0.4, -0.2) is 75.0 Å². The van der Waals surface area contributed by atoms with E-state index in [-0.39, 0.29) is 35.2 Å². The molecule has 0 aliphatic heterocycles. The molecule has 10 atom stereocenters. The quantitative estimate of drug-likeness (QED) is 0.458. The average molecular weight is 475 g/mol. The van der Waals surface area contributed by atoms with Crippen molar-refractivity contribution >= 4 is 6.09 Å². The summed E-state index contributed by atoms with van der Waals surface area (Å²) in [6, 6.07) is 1.63. The third-order valence-corrected chi connectivity index (χ3v) is 9.72. The monoisotopic (exact) mass is 474 g/mol. The van der Waals surface area contributed by atoms with E-state index in [2.05, 4.69) is 13.8 Å². The molecule has 188 valence electrons. The molecule has 2 bridgehead atoms. The minimum absolute atomic E-state index is 0.00874. The van der Waals surface area contributed by atoms with Gasteiger partial charge in [-0.05, 0) is 54.6 Å². The van der Waals surface area contributed by atoms with Crippen LogP contribution in [0.2, 0.25) is 0 Å². The van der Waals surface area contributed by atoms with E-state index < -0.39 is 48.1 Å². The molecule has 0 aromatic carbocycles. The summed E-state index contributed by atoms with van der Waals surface area (Å²) in [5, 5.41) is 55.0. The Labute approximate surface area is 201 Å². The lowest BCUT2D eigenvalue weighted by Crippen LogP contribution is -2.67. The van der Waals surface area contributed by atoms with E-state index in [0.29, 0.717) is 11.5 Å². The predicted molar refractivity (Wildman–Crippen MR) is 124 cm³/mol. The van der Waals surface area contributed by atoms with Crippen molar-refractivity contribution in [2.24, 2.45) is 34.5 Å². The average Bonchev–Trinajstić information content (AvgIpc) is 3.27. The number of carbonyl (C=O) groups excluding carboxylic acids is 1. The molecule has 8 nitrogen and oxygen atoms in total. The van der Waals surface area contributed by atoms with Crippen LogP contribution in [0.5, 0.6) is 0 Å². The van der Waals surface area contributed by atoms with Gasteiger partial charge >= 0.3 is 6.09 Å². The first kappa shape index (κ1) is 25.2. The van der Waals surface area contributed by atoms with Crippen LogP contribution in [-0.2, 0) is 4.74 Å². The smallest absolute Gasteiger partial charge is 0.410 e. The first-order valence-corrected chi connectivity index (χ1v) is 12.2. The normalized spacial score (nSPS) is 44.8. The summed E-state index contributed by atoms with van der Waals surface area (Å²) < 4.78 is 5.83. The molecule has 4 aliphatic carbocycles. The number of carbonyl (C=O) groups is 1. The fourth-order valence-corrected chi connectivity index (χ4v) is 7.54. The highest BCUT2D eigenvalue weighted by Crippen LogP contribution is 2.72. The summed E-state index contributed by atoms with van der Waals surface area (Å²) >= 11 is 0. The standard InChI is InChI=1S/C26H38N2O6/c1-13-11-25-14(2)9-18-19(24(18,4)5)17(21(25)31)10-16(12-29)20(30)26(25,33)22(13)34-23(32)28(6)15(3)7-8-27/h10-11,14-15,17-22,29-31,33H,7,9,12H2,1-6H3/t14-,15?,17+,18-,19+,20-,21?,22+,25+,26+/m1/s1. The molecule has 8 heteroatoms. The van der Waals surface area contributed by atoms with Gasteiger partial charge in [0.2, 0.25) is 0 Å². The molecule has 4 rings (SSSR count). The van der Waals surface area contributed by atoms with Crippen LogP contribution < -0.4 is 0 Å². The van der Waals surface area contributed by atoms with Crippen LogP contribution in [0, 0.1) is 45.8 Å². The Kier molecular flexibility index (Phi) is 5.97. The lowest BCUT2D eigenvalue weighted by atomic mass is 9.58. The van der Waals surface area contributed by atoms with Crippen LogP contribution >= 0.6 is 0 Å². The molecular formula is C26H38N2O6. The van der Waals surface area contributed by atoms with E-state index in [1.165, 1.54) is 11.9 Å². The lowest BCUT2D eigenvalue weighted by Gasteiger charge is -2.52. The molecular weight excluding hydrogens is 436 g/mol. The number of nitriles is 1. The van der Waals surface area contributed by atoms with Crippen molar-refractivity contribution < 1.29 is 30.0 Å². The van der Waals surface area contributed by atoms with Gasteiger partial charge in [0.1, 0.15) is 11.7 Å². The van der Waals surface area contributed by atoms with Crippen LogP contribution in [0.25, 0.3) is 0 Å². The van der Waals surface area contributed by atoms with E-state index >= 15 is 0 Å². The SMILES string of the molecule is CC1=C[C@]23C(O)[C@@H](C=C(CO)[C@@H](O)[C@]2(O)[C@H]1OC(=O)N(C)C(C)CC#N)[C@H]1[C@@H](C[C@H]3C)C1(C)C. The maximum Gasteiger partial charge on any atom is 0.410 e. The van der Waals surface area contributed by atoms with Gasteiger partial charge in [-0.3, -0.25) is 0 Å². The second-order valence-corrected chi connectivity index (χ2v) is 11.6. The Bertz CT molecular complexity index is 969. The molecule has 2 fully saturated rings. The molecule has 2 saturated carbocycles. The zero-order chi connectivity index (χ0) is 25.4. The first-order valence-electron chi connectivity index (χ1n) is 12.2. The molecule has 0 saturated heterocycles. The second kappa shape index (κ2) is 8.06. The van der Waals surface area contributed by atoms with Gasteiger partial charge < -0.3 is 30.1 Å². The van der Waals surface area contributed by atoms with Crippen LogP contribution in [0.4, 0.5) is 4.79 Å². The number of rotatable bonds is 4. The van der Waals surface area contributed by atoms with E-state index in [0.717, 1.165) is 6.42 Å². The number of fused-ring (bicyclic) bond motifs is 3. The molecule has 2 unspecified atom stereocenters. The van der Waals surface area contributed by atoms with Crippen LogP contribution in [0.3, 0.4) is 0 Å². The molecule has 4 aliphatic rings.